The van der Waals surface area contributed by atoms with Crippen LogP contribution in [-0.2, 0) is 29.6 Å². The molecule has 3 aliphatic rings. The number of carbonyl (C=O) groups is 2. The van der Waals surface area contributed by atoms with Crippen molar-refractivity contribution in [3.05, 3.63) is 57.8 Å². The van der Waals surface area contributed by atoms with Crippen LogP contribution >= 0.6 is 23.1 Å². The van der Waals surface area contributed by atoms with Crippen LogP contribution in [0.1, 0.15) is 22.9 Å². The van der Waals surface area contributed by atoms with Crippen molar-refractivity contribution in [3.8, 4) is 0 Å². The Hall–Kier alpha value is -1.63. The molecule has 3 aliphatic heterocycles. The molecule has 0 saturated carbocycles. The second kappa shape index (κ2) is 4.71. The number of thiophene rings is 1. The standard InChI is InChI=1S/C18H14O4S2/c1-2-24-18-11-8-9-23-14(11)17(22-18,10-6-4-3-5-7-10)12-13(18)16(20)21-15(12)19/h3-9,12-13H,2H2,1H3/t12-,13+,17+,18-/m0/s1. The summed E-state index contributed by atoms with van der Waals surface area (Å²) >= 11 is 3.17. The molecule has 0 radical (unpaired) electrons. The van der Waals surface area contributed by atoms with Crippen LogP contribution in [-0.4, -0.2) is 17.7 Å². The number of hydrogen-bond donors (Lipinski definition) is 0. The Balaban J connectivity index is 1.84. The first kappa shape index (κ1) is 14.7. The Kier molecular flexibility index (Phi) is 2.89. The van der Waals surface area contributed by atoms with E-state index in [9.17, 15) is 9.59 Å². The van der Waals surface area contributed by atoms with Crippen LogP contribution in [0.3, 0.4) is 0 Å². The van der Waals surface area contributed by atoms with E-state index in [0.29, 0.717) is 0 Å². The van der Waals surface area contributed by atoms with Gasteiger partial charge in [0.05, 0.1) is 0 Å². The topological polar surface area (TPSA) is 52.6 Å². The first-order valence-electron chi connectivity index (χ1n) is 7.89. The Morgan fingerprint density at radius 2 is 1.88 bits per heavy atom. The van der Waals surface area contributed by atoms with Crippen molar-refractivity contribution in [1.82, 2.24) is 0 Å². The zero-order valence-electron chi connectivity index (χ0n) is 12.9. The van der Waals surface area contributed by atoms with Crippen molar-refractivity contribution in [2.24, 2.45) is 11.8 Å². The van der Waals surface area contributed by atoms with E-state index < -0.39 is 34.3 Å². The molecule has 2 bridgehead atoms. The number of hydrogen-bond acceptors (Lipinski definition) is 6. The minimum absolute atomic E-state index is 0.458. The highest BCUT2D eigenvalue weighted by Crippen LogP contribution is 2.72. The lowest BCUT2D eigenvalue weighted by molar-refractivity contribution is -0.160. The van der Waals surface area contributed by atoms with Gasteiger partial charge >= 0.3 is 11.9 Å². The number of thioether (sulfide) groups is 1. The van der Waals surface area contributed by atoms with Crippen LogP contribution in [0, 0.1) is 11.8 Å². The van der Waals surface area contributed by atoms with Gasteiger partial charge in [-0.05, 0) is 22.8 Å². The number of cyclic esters (lactones) is 2. The average Bonchev–Trinajstić information content (AvgIpc) is 3.29. The predicted molar refractivity (Wildman–Crippen MR) is 90.5 cm³/mol. The lowest BCUT2D eigenvalue weighted by Crippen LogP contribution is -2.40. The highest BCUT2D eigenvalue weighted by Gasteiger charge is 2.78. The molecule has 4 atom stereocenters. The Morgan fingerprint density at radius 1 is 1.12 bits per heavy atom. The molecule has 4 nitrogen and oxygen atoms in total. The van der Waals surface area contributed by atoms with Gasteiger partial charge in [0.2, 0.25) is 0 Å². The molecule has 24 heavy (non-hydrogen) atoms. The first-order chi connectivity index (χ1) is 11.6. The van der Waals surface area contributed by atoms with Gasteiger partial charge in [0.25, 0.3) is 0 Å². The number of benzene rings is 1. The third-order valence-corrected chi connectivity index (χ3v) is 7.45. The van der Waals surface area contributed by atoms with E-state index in [1.54, 1.807) is 23.1 Å². The van der Waals surface area contributed by atoms with E-state index >= 15 is 0 Å². The number of rotatable bonds is 3. The maximum absolute atomic E-state index is 12.6. The van der Waals surface area contributed by atoms with Crippen molar-refractivity contribution >= 4 is 35.0 Å². The van der Waals surface area contributed by atoms with E-state index in [2.05, 4.69) is 0 Å². The third kappa shape index (κ3) is 1.46. The van der Waals surface area contributed by atoms with Crippen molar-refractivity contribution in [3.63, 3.8) is 0 Å². The lowest BCUT2D eigenvalue weighted by Gasteiger charge is -2.30. The fourth-order valence-corrected chi connectivity index (χ4v) is 6.96. The van der Waals surface area contributed by atoms with Gasteiger partial charge in [-0.3, -0.25) is 9.59 Å². The van der Waals surface area contributed by atoms with Crippen LogP contribution in [0.4, 0.5) is 0 Å². The summed E-state index contributed by atoms with van der Waals surface area (Å²) < 4.78 is 11.7. The van der Waals surface area contributed by atoms with Gasteiger partial charge in [-0.15, -0.1) is 23.1 Å². The van der Waals surface area contributed by atoms with Crippen LogP contribution in [0.15, 0.2) is 41.8 Å². The Bertz CT molecular complexity index is 861. The monoisotopic (exact) mass is 358 g/mol. The Morgan fingerprint density at radius 3 is 2.62 bits per heavy atom. The molecule has 0 spiro atoms. The molecule has 1 aromatic carbocycles. The zero-order valence-corrected chi connectivity index (χ0v) is 14.5. The summed E-state index contributed by atoms with van der Waals surface area (Å²) in [5.41, 5.74) is 1.02. The largest absolute Gasteiger partial charge is 0.392 e. The molecule has 0 unspecified atom stereocenters. The molecule has 2 aromatic rings. The average molecular weight is 358 g/mol. The molecular formula is C18H14O4S2. The van der Waals surface area contributed by atoms with Crippen LogP contribution < -0.4 is 0 Å². The predicted octanol–water partition coefficient (Wildman–Crippen LogP) is 3.26. The van der Waals surface area contributed by atoms with Gasteiger partial charge in [-0.25, -0.2) is 0 Å². The van der Waals surface area contributed by atoms with E-state index in [4.69, 9.17) is 9.47 Å². The first-order valence-corrected chi connectivity index (χ1v) is 9.75. The number of fused-ring (bicyclic) bond motifs is 8. The summed E-state index contributed by atoms with van der Waals surface area (Å²) in [6, 6.07) is 11.8. The highest BCUT2D eigenvalue weighted by molar-refractivity contribution is 8.00. The molecular weight excluding hydrogens is 344 g/mol. The maximum atomic E-state index is 12.6. The van der Waals surface area contributed by atoms with Gasteiger partial charge in [0.1, 0.15) is 17.4 Å². The summed E-state index contributed by atoms with van der Waals surface area (Å²) in [6.45, 7) is 2.03. The molecule has 1 aromatic heterocycles. The molecule has 0 aliphatic carbocycles. The van der Waals surface area contributed by atoms with Crippen LogP contribution in [0.2, 0.25) is 0 Å². The zero-order chi connectivity index (χ0) is 16.5. The lowest BCUT2D eigenvalue weighted by atomic mass is 9.70. The summed E-state index contributed by atoms with van der Waals surface area (Å²) in [7, 11) is 0. The minimum atomic E-state index is -0.916. The fourth-order valence-electron chi connectivity index (χ4n) is 4.39. The SMILES string of the molecule is CCS[C@@]12O[C@@](c3ccccc3)(c3sccc31)[C@@H]1C(=O)OC(=O)[C@@H]12. The van der Waals surface area contributed by atoms with E-state index in [1.165, 1.54) is 0 Å². The number of carbonyl (C=O) groups excluding carboxylic acids is 2. The third-order valence-electron chi connectivity index (χ3n) is 5.14. The van der Waals surface area contributed by atoms with E-state index in [1.807, 2.05) is 48.7 Å². The highest BCUT2D eigenvalue weighted by atomic mass is 32.2. The molecule has 6 heteroatoms. The smallest absolute Gasteiger partial charge is 0.321 e. The normalized spacial score (nSPS) is 35.9. The van der Waals surface area contributed by atoms with Gasteiger partial charge in [0.15, 0.2) is 4.93 Å². The quantitative estimate of drug-likeness (QED) is 0.623. The van der Waals surface area contributed by atoms with Gasteiger partial charge in [0, 0.05) is 10.4 Å². The summed E-state index contributed by atoms with van der Waals surface area (Å²) in [6.07, 6.45) is 0. The second-order valence-corrected chi connectivity index (χ2v) is 8.55. The molecule has 0 amide bonds. The summed E-state index contributed by atoms with van der Waals surface area (Å²) in [5, 5.41) is 2.02. The molecule has 2 saturated heterocycles. The summed E-state index contributed by atoms with van der Waals surface area (Å²) in [4.78, 5) is 25.3. The maximum Gasteiger partial charge on any atom is 0.321 e. The minimum Gasteiger partial charge on any atom is -0.392 e. The Labute approximate surface area is 147 Å². The number of esters is 2. The van der Waals surface area contributed by atoms with E-state index in [-0.39, 0.29) is 0 Å². The summed E-state index contributed by atoms with van der Waals surface area (Å²) in [5.74, 6) is -1.34. The van der Waals surface area contributed by atoms with Crippen LogP contribution in [0.25, 0.3) is 0 Å². The van der Waals surface area contributed by atoms with Gasteiger partial charge < -0.3 is 9.47 Å². The fraction of sp³-hybridized carbons (Fsp3) is 0.333. The molecule has 0 N–H and O–H groups in total. The molecule has 2 fully saturated rings. The van der Waals surface area contributed by atoms with Crippen LogP contribution in [0.5, 0.6) is 0 Å². The molecule has 5 rings (SSSR count). The van der Waals surface area contributed by atoms with Crippen molar-refractivity contribution in [1.29, 1.82) is 0 Å². The molecule has 4 heterocycles. The second-order valence-electron chi connectivity index (χ2n) is 6.16. The van der Waals surface area contributed by atoms with Crippen molar-refractivity contribution in [2.75, 3.05) is 5.75 Å². The van der Waals surface area contributed by atoms with Crippen molar-refractivity contribution in [2.45, 2.75) is 17.5 Å². The van der Waals surface area contributed by atoms with Gasteiger partial charge in [-0.1, -0.05) is 37.3 Å². The van der Waals surface area contributed by atoms with Gasteiger partial charge in [-0.2, -0.15) is 0 Å². The van der Waals surface area contributed by atoms with Crippen molar-refractivity contribution < 1.29 is 19.1 Å². The number of ether oxygens (including phenoxy) is 2. The molecule has 122 valence electrons. The van der Waals surface area contributed by atoms with E-state index in [0.717, 1.165) is 21.8 Å².